The number of aryl methyl sites for hydroxylation is 1. The first-order valence-corrected chi connectivity index (χ1v) is 8.34. The fraction of sp³-hybridized carbons (Fsp3) is 0.400. The minimum atomic E-state index is -0.146. The highest BCUT2D eigenvalue weighted by molar-refractivity contribution is 5.17. The number of hydrogen-bond acceptors (Lipinski definition) is 1. The fourth-order valence-electron chi connectivity index (χ4n) is 3.40. The zero-order chi connectivity index (χ0) is 15.2. The highest BCUT2D eigenvalue weighted by Crippen LogP contribution is 2.23. The summed E-state index contributed by atoms with van der Waals surface area (Å²) in [6.07, 6.45) is 6.13. The average molecular weight is 297 g/mol. The van der Waals surface area contributed by atoms with Crippen LogP contribution in [0.5, 0.6) is 0 Å². The van der Waals surface area contributed by atoms with Gasteiger partial charge < -0.3 is 0 Å². The lowest BCUT2D eigenvalue weighted by Gasteiger charge is -2.36. The molecule has 2 heteroatoms. The standard InChI is InChI=1S/C20H24FN/c21-19-12-9-17(10-13-19)11-14-20-8-4-5-15-22(20)16-18-6-2-1-3-7-18/h1-3,6-7,9-10,12-13,20H,4-5,8,11,14-16H2. The van der Waals surface area contributed by atoms with Crippen LogP contribution in [-0.4, -0.2) is 17.5 Å². The van der Waals surface area contributed by atoms with E-state index in [1.165, 1.54) is 43.4 Å². The summed E-state index contributed by atoms with van der Waals surface area (Å²) in [6, 6.07) is 18.4. The number of piperidine rings is 1. The molecule has 1 heterocycles. The third-order valence-corrected chi connectivity index (χ3v) is 4.66. The van der Waals surface area contributed by atoms with E-state index in [0.717, 1.165) is 13.0 Å². The van der Waals surface area contributed by atoms with Crippen LogP contribution < -0.4 is 0 Å². The van der Waals surface area contributed by atoms with Crippen molar-refractivity contribution < 1.29 is 4.39 Å². The highest BCUT2D eigenvalue weighted by atomic mass is 19.1. The van der Waals surface area contributed by atoms with Crippen molar-refractivity contribution in [3.8, 4) is 0 Å². The van der Waals surface area contributed by atoms with Crippen molar-refractivity contribution >= 4 is 0 Å². The molecule has 0 N–H and O–H groups in total. The summed E-state index contributed by atoms with van der Waals surface area (Å²) in [4.78, 5) is 2.63. The molecular formula is C20H24FN. The van der Waals surface area contributed by atoms with E-state index in [1.54, 1.807) is 12.1 Å². The number of rotatable bonds is 5. The van der Waals surface area contributed by atoms with E-state index in [9.17, 15) is 4.39 Å². The van der Waals surface area contributed by atoms with E-state index in [0.29, 0.717) is 6.04 Å². The van der Waals surface area contributed by atoms with E-state index in [-0.39, 0.29) is 5.82 Å². The smallest absolute Gasteiger partial charge is 0.123 e. The molecule has 1 atom stereocenters. The fourth-order valence-corrected chi connectivity index (χ4v) is 3.40. The Morgan fingerprint density at radius 3 is 2.45 bits per heavy atom. The van der Waals surface area contributed by atoms with Crippen LogP contribution in [0.1, 0.15) is 36.8 Å². The summed E-state index contributed by atoms with van der Waals surface area (Å²) in [5.74, 6) is -0.146. The number of benzene rings is 2. The maximum atomic E-state index is 13.0. The number of hydrogen-bond donors (Lipinski definition) is 0. The minimum absolute atomic E-state index is 0.146. The molecule has 1 aliphatic heterocycles. The van der Waals surface area contributed by atoms with Crippen LogP contribution in [0.25, 0.3) is 0 Å². The molecule has 0 bridgehead atoms. The van der Waals surface area contributed by atoms with Crippen LogP contribution in [0.3, 0.4) is 0 Å². The Hall–Kier alpha value is -1.67. The first kappa shape index (κ1) is 15.2. The molecule has 0 amide bonds. The molecule has 1 aliphatic rings. The molecule has 1 nitrogen and oxygen atoms in total. The predicted molar refractivity (Wildman–Crippen MR) is 89.2 cm³/mol. The van der Waals surface area contributed by atoms with Gasteiger partial charge in [0.15, 0.2) is 0 Å². The molecule has 2 aromatic carbocycles. The SMILES string of the molecule is Fc1ccc(CCC2CCCCN2Cc2ccccc2)cc1. The Morgan fingerprint density at radius 1 is 0.909 bits per heavy atom. The average Bonchev–Trinajstić information content (AvgIpc) is 2.56. The van der Waals surface area contributed by atoms with E-state index in [1.807, 2.05) is 12.1 Å². The molecule has 0 spiro atoms. The molecule has 2 aromatic rings. The quantitative estimate of drug-likeness (QED) is 0.765. The molecule has 0 radical (unpaired) electrons. The molecule has 1 fully saturated rings. The largest absolute Gasteiger partial charge is 0.296 e. The molecule has 0 aromatic heterocycles. The number of halogens is 1. The summed E-state index contributed by atoms with van der Waals surface area (Å²) < 4.78 is 13.0. The molecule has 1 saturated heterocycles. The number of likely N-dealkylation sites (tertiary alicyclic amines) is 1. The van der Waals surface area contributed by atoms with Crippen LogP contribution in [-0.2, 0) is 13.0 Å². The third kappa shape index (κ3) is 4.17. The third-order valence-electron chi connectivity index (χ3n) is 4.66. The zero-order valence-electron chi connectivity index (χ0n) is 13.0. The van der Waals surface area contributed by atoms with Gasteiger partial charge in [-0.25, -0.2) is 4.39 Å². The molecule has 116 valence electrons. The lowest BCUT2D eigenvalue weighted by Crippen LogP contribution is -2.39. The normalized spacial score (nSPS) is 19.2. The molecule has 22 heavy (non-hydrogen) atoms. The van der Waals surface area contributed by atoms with E-state index < -0.39 is 0 Å². The van der Waals surface area contributed by atoms with Gasteiger partial charge in [0.2, 0.25) is 0 Å². The minimum Gasteiger partial charge on any atom is -0.296 e. The summed E-state index contributed by atoms with van der Waals surface area (Å²) in [5.41, 5.74) is 2.64. The van der Waals surface area contributed by atoms with Crippen molar-refractivity contribution in [2.75, 3.05) is 6.54 Å². The lowest BCUT2D eigenvalue weighted by molar-refractivity contribution is 0.132. The highest BCUT2D eigenvalue weighted by Gasteiger charge is 2.22. The molecule has 0 aliphatic carbocycles. The van der Waals surface area contributed by atoms with Gasteiger partial charge in [-0.1, -0.05) is 48.9 Å². The van der Waals surface area contributed by atoms with Crippen molar-refractivity contribution in [3.63, 3.8) is 0 Å². The summed E-state index contributed by atoms with van der Waals surface area (Å²) in [6.45, 7) is 2.25. The van der Waals surface area contributed by atoms with Gasteiger partial charge in [-0.05, 0) is 55.5 Å². The van der Waals surface area contributed by atoms with Gasteiger partial charge in [0.1, 0.15) is 5.82 Å². The molecular weight excluding hydrogens is 273 g/mol. The summed E-state index contributed by atoms with van der Waals surface area (Å²) >= 11 is 0. The summed E-state index contributed by atoms with van der Waals surface area (Å²) in [5, 5.41) is 0. The molecule has 3 rings (SSSR count). The van der Waals surface area contributed by atoms with Crippen LogP contribution in [0, 0.1) is 5.82 Å². The van der Waals surface area contributed by atoms with E-state index in [2.05, 4.69) is 35.2 Å². The number of nitrogens with zero attached hydrogens (tertiary/aromatic N) is 1. The van der Waals surface area contributed by atoms with Crippen molar-refractivity contribution in [1.82, 2.24) is 4.90 Å². The second-order valence-corrected chi connectivity index (χ2v) is 6.27. The first-order chi connectivity index (χ1) is 10.8. The molecule has 1 unspecified atom stereocenters. The first-order valence-electron chi connectivity index (χ1n) is 8.34. The maximum absolute atomic E-state index is 13.0. The van der Waals surface area contributed by atoms with Gasteiger partial charge in [0.05, 0.1) is 0 Å². The Kier molecular flexibility index (Phi) is 5.23. The van der Waals surface area contributed by atoms with Crippen LogP contribution in [0.2, 0.25) is 0 Å². The monoisotopic (exact) mass is 297 g/mol. The Bertz CT molecular complexity index is 564. The van der Waals surface area contributed by atoms with Crippen molar-refractivity contribution in [2.45, 2.75) is 44.7 Å². The van der Waals surface area contributed by atoms with E-state index >= 15 is 0 Å². The predicted octanol–water partition coefficient (Wildman–Crippen LogP) is 4.81. The molecule has 0 saturated carbocycles. The van der Waals surface area contributed by atoms with Crippen molar-refractivity contribution in [1.29, 1.82) is 0 Å². The van der Waals surface area contributed by atoms with E-state index in [4.69, 9.17) is 0 Å². The van der Waals surface area contributed by atoms with Crippen LogP contribution in [0.15, 0.2) is 54.6 Å². The van der Waals surface area contributed by atoms with Crippen LogP contribution >= 0.6 is 0 Å². The Labute approximate surface area is 132 Å². The Morgan fingerprint density at radius 2 is 1.68 bits per heavy atom. The maximum Gasteiger partial charge on any atom is 0.123 e. The second-order valence-electron chi connectivity index (χ2n) is 6.27. The van der Waals surface area contributed by atoms with Gasteiger partial charge in [0.25, 0.3) is 0 Å². The van der Waals surface area contributed by atoms with Gasteiger partial charge in [-0.3, -0.25) is 4.90 Å². The summed E-state index contributed by atoms with van der Waals surface area (Å²) in [7, 11) is 0. The van der Waals surface area contributed by atoms with Gasteiger partial charge >= 0.3 is 0 Å². The van der Waals surface area contributed by atoms with Gasteiger partial charge in [0, 0.05) is 12.6 Å². The zero-order valence-corrected chi connectivity index (χ0v) is 13.0. The van der Waals surface area contributed by atoms with Gasteiger partial charge in [-0.2, -0.15) is 0 Å². The van der Waals surface area contributed by atoms with Gasteiger partial charge in [-0.15, -0.1) is 0 Å². The van der Waals surface area contributed by atoms with Crippen molar-refractivity contribution in [2.24, 2.45) is 0 Å². The lowest BCUT2D eigenvalue weighted by atomic mass is 9.95. The topological polar surface area (TPSA) is 3.24 Å². The Balaban J connectivity index is 1.59. The van der Waals surface area contributed by atoms with Crippen molar-refractivity contribution in [3.05, 3.63) is 71.5 Å². The van der Waals surface area contributed by atoms with Crippen LogP contribution in [0.4, 0.5) is 4.39 Å². The second kappa shape index (κ2) is 7.55.